The third kappa shape index (κ3) is 1.37. The smallest absolute Gasteiger partial charge is 0.338 e. The highest BCUT2D eigenvalue weighted by atomic mass is 16.4. The SMILES string of the molecule is O=Cc1c(C2CC2)[nH]c(C2CC2)c1C(=O)O. The first-order valence-corrected chi connectivity index (χ1v) is 5.66. The standard InChI is InChI=1S/C12H13NO3/c14-5-8-9(12(15)16)11(7-3-4-7)13-10(8)6-1-2-6/h5-7,13H,1-4H2,(H,15,16). The van der Waals surface area contributed by atoms with Gasteiger partial charge in [0.15, 0.2) is 6.29 Å². The number of H-pyrrole nitrogens is 1. The van der Waals surface area contributed by atoms with Crippen molar-refractivity contribution in [3.63, 3.8) is 0 Å². The number of carboxylic acid groups (broad SMARTS) is 1. The molecule has 0 bridgehead atoms. The Labute approximate surface area is 92.7 Å². The molecule has 2 aliphatic carbocycles. The highest BCUT2D eigenvalue weighted by Gasteiger charge is 2.37. The normalized spacial score (nSPS) is 19.8. The van der Waals surface area contributed by atoms with Crippen LogP contribution in [0.25, 0.3) is 0 Å². The summed E-state index contributed by atoms with van der Waals surface area (Å²) in [6.07, 6.45) is 4.88. The highest BCUT2D eigenvalue weighted by molar-refractivity contribution is 6.00. The lowest BCUT2D eigenvalue weighted by molar-refractivity contribution is 0.0693. The Morgan fingerprint density at radius 2 is 1.75 bits per heavy atom. The van der Waals surface area contributed by atoms with Crippen molar-refractivity contribution in [2.24, 2.45) is 0 Å². The Kier molecular flexibility index (Phi) is 1.93. The summed E-state index contributed by atoms with van der Waals surface area (Å²) in [5.74, 6) is -0.268. The summed E-state index contributed by atoms with van der Waals surface area (Å²) in [4.78, 5) is 25.5. The van der Waals surface area contributed by atoms with Crippen LogP contribution < -0.4 is 0 Å². The quantitative estimate of drug-likeness (QED) is 0.763. The van der Waals surface area contributed by atoms with E-state index in [0.29, 0.717) is 23.7 Å². The van der Waals surface area contributed by atoms with Crippen molar-refractivity contribution in [1.29, 1.82) is 0 Å². The van der Waals surface area contributed by atoms with Gasteiger partial charge < -0.3 is 10.1 Å². The molecule has 0 unspecified atom stereocenters. The molecule has 0 atom stereocenters. The van der Waals surface area contributed by atoms with Crippen LogP contribution in [-0.2, 0) is 0 Å². The van der Waals surface area contributed by atoms with Gasteiger partial charge in [-0.3, -0.25) is 4.79 Å². The fraction of sp³-hybridized carbons (Fsp3) is 0.500. The molecule has 1 aromatic heterocycles. The fourth-order valence-electron chi connectivity index (χ4n) is 2.28. The molecule has 4 heteroatoms. The molecule has 2 fully saturated rings. The van der Waals surface area contributed by atoms with Gasteiger partial charge in [-0.25, -0.2) is 4.79 Å². The second kappa shape index (κ2) is 3.20. The summed E-state index contributed by atoms with van der Waals surface area (Å²) in [7, 11) is 0. The maximum absolute atomic E-state index is 11.2. The predicted octanol–water partition coefficient (Wildman–Crippen LogP) is 2.28. The van der Waals surface area contributed by atoms with Crippen LogP contribution >= 0.6 is 0 Å². The summed E-state index contributed by atoms with van der Waals surface area (Å²) in [6.45, 7) is 0. The second-order valence-corrected chi connectivity index (χ2v) is 4.71. The number of nitrogens with one attached hydrogen (secondary N) is 1. The van der Waals surface area contributed by atoms with Crippen LogP contribution in [0.2, 0.25) is 0 Å². The van der Waals surface area contributed by atoms with E-state index in [2.05, 4.69) is 4.98 Å². The zero-order valence-corrected chi connectivity index (χ0v) is 8.82. The summed E-state index contributed by atoms with van der Waals surface area (Å²) in [5, 5.41) is 9.19. The van der Waals surface area contributed by atoms with Gasteiger partial charge in [0.05, 0.1) is 11.1 Å². The molecule has 1 aromatic rings. The molecular formula is C12H13NO3. The van der Waals surface area contributed by atoms with E-state index in [4.69, 9.17) is 0 Å². The zero-order valence-electron chi connectivity index (χ0n) is 8.82. The Morgan fingerprint density at radius 3 is 2.19 bits per heavy atom. The van der Waals surface area contributed by atoms with E-state index in [-0.39, 0.29) is 5.56 Å². The molecule has 0 radical (unpaired) electrons. The van der Waals surface area contributed by atoms with Crippen molar-refractivity contribution >= 4 is 12.3 Å². The van der Waals surface area contributed by atoms with Gasteiger partial charge >= 0.3 is 5.97 Å². The third-order valence-corrected chi connectivity index (χ3v) is 3.40. The van der Waals surface area contributed by atoms with Gasteiger partial charge in [0.2, 0.25) is 0 Å². The topological polar surface area (TPSA) is 70.2 Å². The number of aromatic carboxylic acids is 1. The minimum Gasteiger partial charge on any atom is -0.478 e. The minimum atomic E-state index is -0.979. The lowest BCUT2D eigenvalue weighted by atomic mass is 10.1. The summed E-state index contributed by atoms with van der Waals surface area (Å²) >= 11 is 0. The number of carbonyl (C=O) groups is 2. The Bertz CT molecular complexity index is 467. The van der Waals surface area contributed by atoms with Gasteiger partial charge in [0.25, 0.3) is 0 Å². The maximum Gasteiger partial charge on any atom is 0.338 e. The lowest BCUT2D eigenvalue weighted by Crippen LogP contribution is -2.02. The summed E-state index contributed by atoms with van der Waals surface area (Å²) in [5.41, 5.74) is 2.24. The van der Waals surface area contributed by atoms with Gasteiger partial charge in [-0.1, -0.05) is 0 Å². The highest BCUT2D eigenvalue weighted by Crippen LogP contribution is 2.47. The molecule has 84 valence electrons. The molecular weight excluding hydrogens is 206 g/mol. The molecule has 0 saturated heterocycles. The molecule has 0 spiro atoms. The van der Waals surface area contributed by atoms with Crippen molar-refractivity contribution < 1.29 is 14.7 Å². The van der Waals surface area contributed by atoms with Crippen molar-refractivity contribution in [1.82, 2.24) is 4.98 Å². The molecule has 4 nitrogen and oxygen atoms in total. The van der Waals surface area contributed by atoms with Gasteiger partial charge in [-0.05, 0) is 37.5 Å². The van der Waals surface area contributed by atoms with Crippen LogP contribution in [0.1, 0.15) is 69.6 Å². The molecule has 2 N–H and O–H groups in total. The van der Waals surface area contributed by atoms with E-state index < -0.39 is 5.97 Å². The fourth-order valence-corrected chi connectivity index (χ4v) is 2.28. The van der Waals surface area contributed by atoms with Gasteiger partial charge in [0, 0.05) is 11.4 Å². The number of aldehydes is 1. The molecule has 16 heavy (non-hydrogen) atoms. The summed E-state index contributed by atoms with van der Waals surface area (Å²) in [6, 6.07) is 0. The number of carboxylic acids is 1. The first-order valence-electron chi connectivity index (χ1n) is 5.66. The maximum atomic E-state index is 11.2. The van der Waals surface area contributed by atoms with Gasteiger partial charge in [-0.15, -0.1) is 0 Å². The number of hydrogen-bond donors (Lipinski definition) is 2. The number of aromatic nitrogens is 1. The predicted molar refractivity (Wildman–Crippen MR) is 57.1 cm³/mol. The molecule has 2 saturated carbocycles. The monoisotopic (exact) mass is 219 g/mol. The van der Waals surface area contributed by atoms with Gasteiger partial charge in [0.1, 0.15) is 0 Å². The molecule has 0 aromatic carbocycles. The average Bonchev–Trinajstić information content (AvgIpc) is 3.13. The van der Waals surface area contributed by atoms with Crippen LogP contribution in [0, 0.1) is 0 Å². The largest absolute Gasteiger partial charge is 0.478 e. The molecule has 0 aliphatic heterocycles. The first kappa shape index (κ1) is 9.63. The Morgan fingerprint density at radius 1 is 1.19 bits per heavy atom. The van der Waals surface area contributed by atoms with E-state index >= 15 is 0 Å². The molecule has 0 amide bonds. The van der Waals surface area contributed by atoms with E-state index in [1.165, 1.54) is 0 Å². The lowest BCUT2D eigenvalue weighted by Gasteiger charge is -1.96. The average molecular weight is 219 g/mol. The third-order valence-electron chi connectivity index (χ3n) is 3.40. The molecule has 3 rings (SSSR count). The van der Waals surface area contributed by atoms with Crippen molar-refractivity contribution in [2.45, 2.75) is 37.5 Å². The first-order chi connectivity index (χ1) is 7.72. The number of aromatic amines is 1. The van der Waals surface area contributed by atoms with E-state index in [1.54, 1.807) is 0 Å². The van der Waals surface area contributed by atoms with Crippen molar-refractivity contribution in [3.8, 4) is 0 Å². The van der Waals surface area contributed by atoms with Crippen LogP contribution in [0.5, 0.6) is 0 Å². The summed E-state index contributed by atoms with van der Waals surface area (Å²) < 4.78 is 0. The molecule has 1 heterocycles. The number of rotatable bonds is 4. The van der Waals surface area contributed by atoms with E-state index in [0.717, 1.165) is 37.1 Å². The Balaban J connectivity index is 2.15. The van der Waals surface area contributed by atoms with E-state index in [1.807, 2.05) is 0 Å². The van der Waals surface area contributed by atoms with E-state index in [9.17, 15) is 14.7 Å². The van der Waals surface area contributed by atoms with Crippen molar-refractivity contribution in [3.05, 3.63) is 22.5 Å². The number of hydrogen-bond acceptors (Lipinski definition) is 2. The second-order valence-electron chi connectivity index (χ2n) is 4.71. The van der Waals surface area contributed by atoms with Crippen LogP contribution in [-0.4, -0.2) is 22.3 Å². The van der Waals surface area contributed by atoms with Crippen LogP contribution in [0.3, 0.4) is 0 Å². The minimum absolute atomic E-state index is 0.222. The van der Waals surface area contributed by atoms with Crippen LogP contribution in [0.15, 0.2) is 0 Å². The van der Waals surface area contributed by atoms with Crippen molar-refractivity contribution in [2.75, 3.05) is 0 Å². The number of carbonyl (C=O) groups excluding carboxylic acids is 1. The molecule has 2 aliphatic rings. The van der Waals surface area contributed by atoms with Gasteiger partial charge in [-0.2, -0.15) is 0 Å². The zero-order chi connectivity index (χ0) is 11.3. The Hall–Kier alpha value is -1.58. The van der Waals surface area contributed by atoms with Crippen LogP contribution in [0.4, 0.5) is 0 Å².